The number of anilines is 2. The van der Waals surface area contributed by atoms with Crippen molar-refractivity contribution in [3.05, 3.63) is 64.2 Å². The van der Waals surface area contributed by atoms with Gasteiger partial charge in [0.1, 0.15) is 0 Å². The predicted octanol–water partition coefficient (Wildman–Crippen LogP) is 2.07. The number of nitro groups is 1. The van der Waals surface area contributed by atoms with E-state index in [-0.39, 0.29) is 22.8 Å². The second-order valence-electron chi connectivity index (χ2n) is 6.72. The first-order valence-electron chi connectivity index (χ1n) is 9.20. The smallest absolute Gasteiger partial charge is 0.341 e. The molecule has 1 amide bonds. The summed E-state index contributed by atoms with van der Waals surface area (Å²) in [5, 5.41) is 10.8. The van der Waals surface area contributed by atoms with Crippen LogP contribution in [0.25, 0.3) is 0 Å². The van der Waals surface area contributed by atoms with Gasteiger partial charge in [-0.25, -0.2) is 4.79 Å². The maximum atomic E-state index is 12.6. The molecule has 2 aromatic carbocycles. The number of carbonyl (C=O) groups is 2. The molecule has 2 aromatic rings. The van der Waals surface area contributed by atoms with Gasteiger partial charge in [0.25, 0.3) is 11.6 Å². The zero-order chi connectivity index (χ0) is 21.0. The number of amides is 1. The molecule has 0 aliphatic carbocycles. The molecule has 1 aliphatic heterocycles. The highest BCUT2D eigenvalue weighted by Crippen LogP contribution is 2.21. The molecule has 9 nitrogen and oxygen atoms in total. The molecule has 2 N–H and O–H groups in total. The van der Waals surface area contributed by atoms with Crippen molar-refractivity contribution in [3.8, 4) is 0 Å². The molecule has 152 valence electrons. The fourth-order valence-electron chi connectivity index (χ4n) is 3.20. The standard InChI is InChI=1S/C20H22N4O5/c1-14(29-20(26)17-8-7-16(24(27)28)13-18(17)21)19(25)23-11-9-22(10-12-23)15-5-3-2-4-6-15/h2-8,13-14H,9-12,21H2,1H3. The van der Waals surface area contributed by atoms with Crippen LogP contribution in [0.3, 0.4) is 0 Å². The van der Waals surface area contributed by atoms with Crippen LogP contribution in [0.1, 0.15) is 17.3 Å². The van der Waals surface area contributed by atoms with Crippen molar-refractivity contribution in [1.29, 1.82) is 0 Å². The highest BCUT2D eigenvalue weighted by Gasteiger charge is 2.28. The van der Waals surface area contributed by atoms with Crippen LogP contribution in [0, 0.1) is 10.1 Å². The Morgan fingerprint density at radius 2 is 1.76 bits per heavy atom. The Bertz CT molecular complexity index is 910. The number of nitrogens with two attached hydrogens (primary N) is 1. The second kappa shape index (κ2) is 8.59. The van der Waals surface area contributed by atoms with Gasteiger partial charge in [-0.15, -0.1) is 0 Å². The van der Waals surface area contributed by atoms with Gasteiger partial charge in [0.05, 0.1) is 16.2 Å². The van der Waals surface area contributed by atoms with Crippen LogP contribution in [0.2, 0.25) is 0 Å². The Morgan fingerprint density at radius 1 is 1.10 bits per heavy atom. The van der Waals surface area contributed by atoms with Gasteiger partial charge in [0.15, 0.2) is 6.10 Å². The SMILES string of the molecule is CC(OC(=O)c1ccc([N+](=O)[O-])cc1N)C(=O)N1CCN(c2ccccc2)CC1. The van der Waals surface area contributed by atoms with E-state index in [9.17, 15) is 19.7 Å². The minimum absolute atomic E-state index is 0.0100. The molecule has 1 fully saturated rings. The Balaban J connectivity index is 1.57. The van der Waals surface area contributed by atoms with Crippen molar-refractivity contribution >= 4 is 28.9 Å². The molecule has 0 radical (unpaired) electrons. The molecule has 0 saturated carbocycles. The monoisotopic (exact) mass is 398 g/mol. The summed E-state index contributed by atoms with van der Waals surface area (Å²) in [6.07, 6.45) is -0.986. The number of hydrogen-bond donors (Lipinski definition) is 1. The molecule has 1 atom stereocenters. The average molecular weight is 398 g/mol. The lowest BCUT2D eigenvalue weighted by atomic mass is 10.1. The molecule has 0 aromatic heterocycles. The number of carbonyl (C=O) groups excluding carboxylic acids is 2. The first-order valence-corrected chi connectivity index (χ1v) is 9.20. The number of esters is 1. The van der Waals surface area contributed by atoms with E-state index in [1.807, 2.05) is 30.3 Å². The maximum absolute atomic E-state index is 12.6. The number of nitro benzene ring substituents is 1. The molecule has 9 heteroatoms. The Hall–Kier alpha value is -3.62. The summed E-state index contributed by atoms with van der Waals surface area (Å²) in [5.74, 6) is -1.08. The van der Waals surface area contributed by atoms with Crippen molar-refractivity contribution in [2.45, 2.75) is 13.0 Å². The number of nitrogens with zero attached hydrogens (tertiary/aromatic N) is 3. The molecule has 3 rings (SSSR count). The van der Waals surface area contributed by atoms with Crippen LogP contribution >= 0.6 is 0 Å². The summed E-state index contributed by atoms with van der Waals surface area (Å²) < 4.78 is 5.25. The lowest BCUT2D eigenvalue weighted by Gasteiger charge is -2.37. The van der Waals surface area contributed by atoms with Crippen LogP contribution in [0.5, 0.6) is 0 Å². The number of non-ortho nitro benzene ring substituents is 1. The van der Waals surface area contributed by atoms with Gasteiger partial charge >= 0.3 is 5.97 Å². The third kappa shape index (κ3) is 4.63. The quantitative estimate of drug-likeness (QED) is 0.354. The summed E-state index contributed by atoms with van der Waals surface area (Å²) in [5.41, 5.74) is 6.52. The third-order valence-electron chi connectivity index (χ3n) is 4.81. The zero-order valence-corrected chi connectivity index (χ0v) is 16.0. The maximum Gasteiger partial charge on any atom is 0.341 e. The van der Waals surface area contributed by atoms with E-state index in [0.717, 1.165) is 11.8 Å². The van der Waals surface area contributed by atoms with E-state index < -0.39 is 17.0 Å². The normalized spacial score (nSPS) is 14.9. The van der Waals surface area contributed by atoms with Crippen molar-refractivity contribution in [2.75, 3.05) is 36.8 Å². The van der Waals surface area contributed by atoms with Gasteiger partial charge < -0.3 is 20.3 Å². The minimum Gasteiger partial charge on any atom is -0.449 e. The van der Waals surface area contributed by atoms with Crippen molar-refractivity contribution in [1.82, 2.24) is 4.90 Å². The van der Waals surface area contributed by atoms with E-state index in [1.54, 1.807) is 4.90 Å². The van der Waals surface area contributed by atoms with Crippen molar-refractivity contribution in [2.24, 2.45) is 0 Å². The Morgan fingerprint density at radius 3 is 2.34 bits per heavy atom. The third-order valence-corrected chi connectivity index (χ3v) is 4.81. The van der Waals surface area contributed by atoms with Crippen LogP contribution in [0.4, 0.5) is 17.1 Å². The van der Waals surface area contributed by atoms with Gasteiger partial charge in [-0.2, -0.15) is 0 Å². The molecule has 29 heavy (non-hydrogen) atoms. The first kappa shape index (κ1) is 20.1. The van der Waals surface area contributed by atoms with E-state index in [4.69, 9.17) is 10.5 Å². The number of benzene rings is 2. The summed E-state index contributed by atoms with van der Waals surface area (Å²) >= 11 is 0. The van der Waals surface area contributed by atoms with Crippen LogP contribution < -0.4 is 10.6 Å². The lowest BCUT2D eigenvalue weighted by molar-refractivity contribution is -0.384. The summed E-state index contributed by atoms with van der Waals surface area (Å²) in [6.45, 7) is 3.92. The molecule has 1 saturated heterocycles. The Kier molecular flexibility index (Phi) is 5.96. The molecule has 1 aliphatic rings. The number of rotatable bonds is 5. The van der Waals surface area contributed by atoms with E-state index >= 15 is 0 Å². The van der Waals surface area contributed by atoms with Gasteiger partial charge in [-0.3, -0.25) is 14.9 Å². The zero-order valence-electron chi connectivity index (χ0n) is 16.0. The van der Waals surface area contributed by atoms with Crippen LogP contribution in [0.15, 0.2) is 48.5 Å². The molecule has 0 spiro atoms. The molecule has 0 bridgehead atoms. The molecule has 1 heterocycles. The number of nitrogen functional groups attached to an aromatic ring is 1. The molecule has 1 unspecified atom stereocenters. The van der Waals surface area contributed by atoms with Gasteiger partial charge in [-0.1, -0.05) is 18.2 Å². The molecular formula is C20H22N4O5. The fourth-order valence-corrected chi connectivity index (χ4v) is 3.20. The van der Waals surface area contributed by atoms with Gasteiger partial charge in [0.2, 0.25) is 0 Å². The van der Waals surface area contributed by atoms with E-state index in [1.165, 1.54) is 19.1 Å². The predicted molar refractivity (Wildman–Crippen MR) is 108 cm³/mol. The number of hydrogen-bond acceptors (Lipinski definition) is 7. The number of para-hydroxylation sites is 1. The van der Waals surface area contributed by atoms with Crippen LogP contribution in [-0.4, -0.2) is 54.0 Å². The van der Waals surface area contributed by atoms with Crippen molar-refractivity contribution in [3.63, 3.8) is 0 Å². The topological polar surface area (TPSA) is 119 Å². The summed E-state index contributed by atoms with van der Waals surface area (Å²) in [6, 6.07) is 13.4. The van der Waals surface area contributed by atoms with Gasteiger partial charge in [0, 0.05) is 44.0 Å². The van der Waals surface area contributed by atoms with Crippen LogP contribution in [-0.2, 0) is 9.53 Å². The number of ether oxygens (including phenoxy) is 1. The summed E-state index contributed by atoms with van der Waals surface area (Å²) in [7, 11) is 0. The Labute approximate surface area is 167 Å². The summed E-state index contributed by atoms with van der Waals surface area (Å²) in [4.78, 5) is 39.0. The van der Waals surface area contributed by atoms with Gasteiger partial charge in [-0.05, 0) is 25.1 Å². The number of piperazine rings is 1. The second-order valence-corrected chi connectivity index (χ2v) is 6.72. The molecular weight excluding hydrogens is 376 g/mol. The minimum atomic E-state index is -0.986. The average Bonchev–Trinajstić information content (AvgIpc) is 2.73. The largest absolute Gasteiger partial charge is 0.449 e. The highest BCUT2D eigenvalue weighted by atomic mass is 16.6. The lowest BCUT2D eigenvalue weighted by Crippen LogP contribution is -2.51. The van der Waals surface area contributed by atoms with E-state index in [2.05, 4.69) is 4.90 Å². The van der Waals surface area contributed by atoms with E-state index in [0.29, 0.717) is 26.2 Å². The highest BCUT2D eigenvalue weighted by molar-refractivity contribution is 5.97. The first-order chi connectivity index (χ1) is 13.9. The fraction of sp³-hybridized carbons (Fsp3) is 0.300. The van der Waals surface area contributed by atoms with Crippen molar-refractivity contribution < 1.29 is 19.2 Å².